The summed E-state index contributed by atoms with van der Waals surface area (Å²) < 4.78 is 36.2. The molecule has 0 saturated carbocycles. The highest BCUT2D eigenvalue weighted by atomic mass is 32.2. The van der Waals surface area contributed by atoms with Crippen LogP contribution in [0, 0.1) is 0 Å². The molecule has 100 valence electrons. The number of benzene rings is 1. The Morgan fingerprint density at radius 3 is 2.39 bits per heavy atom. The molecular formula is C11H12F3NO2S. The Labute approximate surface area is 106 Å². The molecule has 18 heavy (non-hydrogen) atoms. The van der Waals surface area contributed by atoms with Crippen molar-refractivity contribution in [1.82, 2.24) is 5.32 Å². The molecule has 1 aromatic carbocycles. The van der Waals surface area contributed by atoms with Gasteiger partial charge in [-0.1, -0.05) is 12.1 Å². The van der Waals surface area contributed by atoms with E-state index in [4.69, 9.17) is 5.11 Å². The number of alkyl halides is 3. The van der Waals surface area contributed by atoms with Crippen molar-refractivity contribution >= 4 is 17.7 Å². The molecule has 0 fully saturated rings. The van der Waals surface area contributed by atoms with Crippen molar-refractivity contribution in [2.75, 3.05) is 0 Å². The average Bonchev–Trinajstić information content (AvgIpc) is 2.25. The highest BCUT2D eigenvalue weighted by Gasteiger charge is 2.28. The number of carboxylic acid groups (broad SMARTS) is 1. The van der Waals surface area contributed by atoms with Gasteiger partial charge in [0.25, 0.3) is 0 Å². The number of rotatable bonds is 5. The summed E-state index contributed by atoms with van der Waals surface area (Å²) >= 11 is -0.176. The third-order valence-electron chi connectivity index (χ3n) is 2.14. The van der Waals surface area contributed by atoms with Crippen LogP contribution in [0.1, 0.15) is 12.5 Å². The Hall–Kier alpha value is -1.21. The van der Waals surface area contributed by atoms with Crippen molar-refractivity contribution < 1.29 is 23.1 Å². The first-order valence-corrected chi connectivity index (χ1v) is 5.90. The van der Waals surface area contributed by atoms with Gasteiger partial charge in [0.2, 0.25) is 0 Å². The number of carbonyl (C=O) groups is 1. The van der Waals surface area contributed by atoms with Gasteiger partial charge in [-0.25, -0.2) is 0 Å². The SMILES string of the molecule is CC(NCc1ccc(SC(F)(F)F)cc1)C(=O)O. The first kappa shape index (κ1) is 14.8. The summed E-state index contributed by atoms with van der Waals surface area (Å²) in [5.74, 6) is -0.973. The summed E-state index contributed by atoms with van der Waals surface area (Å²) in [5, 5.41) is 11.4. The topological polar surface area (TPSA) is 49.3 Å². The van der Waals surface area contributed by atoms with E-state index in [0.29, 0.717) is 6.54 Å². The molecule has 0 aliphatic carbocycles. The second kappa shape index (κ2) is 6.10. The Morgan fingerprint density at radius 2 is 1.94 bits per heavy atom. The van der Waals surface area contributed by atoms with E-state index in [9.17, 15) is 18.0 Å². The van der Waals surface area contributed by atoms with E-state index in [2.05, 4.69) is 5.32 Å². The van der Waals surface area contributed by atoms with Crippen LogP contribution in [0.5, 0.6) is 0 Å². The van der Waals surface area contributed by atoms with E-state index in [0.717, 1.165) is 5.56 Å². The largest absolute Gasteiger partial charge is 0.480 e. The fraction of sp³-hybridized carbons (Fsp3) is 0.364. The first-order chi connectivity index (χ1) is 8.28. The van der Waals surface area contributed by atoms with Crippen LogP contribution in [-0.4, -0.2) is 22.6 Å². The van der Waals surface area contributed by atoms with Crippen LogP contribution in [-0.2, 0) is 11.3 Å². The molecule has 0 radical (unpaired) electrons. The van der Waals surface area contributed by atoms with Crippen LogP contribution in [0.25, 0.3) is 0 Å². The highest BCUT2D eigenvalue weighted by molar-refractivity contribution is 8.00. The zero-order valence-corrected chi connectivity index (χ0v) is 10.3. The Balaban J connectivity index is 2.53. The molecule has 7 heteroatoms. The smallest absolute Gasteiger partial charge is 0.446 e. The van der Waals surface area contributed by atoms with Gasteiger partial charge < -0.3 is 10.4 Å². The molecule has 1 unspecified atom stereocenters. The average molecular weight is 279 g/mol. The molecule has 0 amide bonds. The van der Waals surface area contributed by atoms with Gasteiger partial charge in [-0.2, -0.15) is 13.2 Å². The number of hydrogen-bond donors (Lipinski definition) is 2. The van der Waals surface area contributed by atoms with Gasteiger partial charge in [-0.15, -0.1) is 0 Å². The standard InChI is InChI=1S/C11H12F3NO2S/c1-7(10(16)17)15-6-8-2-4-9(5-3-8)18-11(12,13)14/h2-5,7,15H,6H2,1H3,(H,16,17). The van der Waals surface area contributed by atoms with Crippen LogP contribution in [0.15, 0.2) is 29.2 Å². The lowest BCUT2D eigenvalue weighted by Crippen LogP contribution is -2.33. The van der Waals surface area contributed by atoms with Crippen molar-refractivity contribution in [3.8, 4) is 0 Å². The molecule has 0 spiro atoms. The van der Waals surface area contributed by atoms with Crippen LogP contribution in [0.4, 0.5) is 13.2 Å². The van der Waals surface area contributed by atoms with Gasteiger partial charge in [-0.05, 0) is 36.4 Å². The Kier molecular flexibility index (Phi) is 5.03. The van der Waals surface area contributed by atoms with Crippen LogP contribution >= 0.6 is 11.8 Å². The number of carboxylic acids is 1. The third-order valence-corrected chi connectivity index (χ3v) is 2.88. The van der Waals surface area contributed by atoms with E-state index in [1.165, 1.54) is 31.2 Å². The van der Waals surface area contributed by atoms with Crippen LogP contribution < -0.4 is 5.32 Å². The number of hydrogen-bond acceptors (Lipinski definition) is 3. The quantitative estimate of drug-likeness (QED) is 0.814. The van der Waals surface area contributed by atoms with Crippen molar-refractivity contribution in [2.24, 2.45) is 0 Å². The van der Waals surface area contributed by atoms with Crippen LogP contribution in [0.3, 0.4) is 0 Å². The van der Waals surface area contributed by atoms with E-state index in [1.54, 1.807) is 0 Å². The van der Waals surface area contributed by atoms with E-state index < -0.39 is 17.5 Å². The van der Waals surface area contributed by atoms with Gasteiger partial charge in [-0.3, -0.25) is 4.79 Å². The van der Waals surface area contributed by atoms with Crippen molar-refractivity contribution in [3.05, 3.63) is 29.8 Å². The normalized spacial score (nSPS) is 13.3. The zero-order valence-electron chi connectivity index (χ0n) is 9.49. The first-order valence-electron chi connectivity index (χ1n) is 5.09. The molecule has 2 N–H and O–H groups in total. The number of thioether (sulfide) groups is 1. The van der Waals surface area contributed by atoms with Gasteiger partial charge in [0.15, 0.2) is 0 Å². The Morgan fingerprint density at radius 1 is 1.39 bits per heavy atom. The minimum atomic E-state index is -4.29. The van der Waals surface area contributed by atoms with Crippen LogP contribution in [0.2, 0.25) is 0 Å². The molecule has 0 heterocycles. The minimum absolute atomic E-state index is 0.109. The summed E-state index contributed by atoms with van der Waals surface area (Å²) in [6.07, 6.45) is 0. The lowest BCUT2D eigenvalue weighted by atomic mass is 10.2. The molecule has 1 rings (SSSR count). The molecule has 0 aliphatic heterocycles. The summed E-state index contributed by atoms with van der Waals surface area (Å²) in [5.41, 5.74) is -3.56. The maximum Gasteiger partial charge on any atom is 0.446 e. The van der Waals surface area contributed by atoms with Crippen molar-refractivity contribution in [2.45, 2.75) is 29.9 Å². The summed E-state index contributed by atoms with van der Waals surface area (Å²) in [6, 6.07) is 5.10. The van der Waals surface area contributed by atoms with Gasteiger partial charge in [0, 0.05) is 11.4 Å². The monoisotopic (exact) mass is 279 g/mol. The molecule has 0 saturated heterocycles. The maximum atomic E-state index is 12.1. The van der Waals surface area contributed by atoms with E-state index >= 15 is 0 Å². The molecule has 0 aromatic heterocycles. The summed E-state index contributed by atoms with van der Waals surface area (Å²) in [4.78, 5) is 10.6. The summed E-state index contributed by atoms with van der Waals surface area (Å²) in [7, 11) is 0. The third kappa shape index (κ3) is 5.42. The second-order valence-electron chi connectivity index (χ2n) is 3.63. The zero-order chi connectivity index (χ0) is 13.8. The van der Waals surface area contributed by atoms with E-state index in [-0.39, 0.29) is 16.7 Å². The second-order valence-corrected chi connectivity index (χ2v) is 4.77. The lowest BCUT2D eigenvalue weighted by molar-refractivity contribution is -0.139. The minimum Gasteiger partial charge on any atom is -0.480 e. The number of halogens is 3. The lowest BCUT2D eigenvalue weighted by Gasteiger charge is -2.10. The molecule has 0 bridgehead atoms. The predicted octanol–water partition coefficient (Wildman–Crippen LogP) is 2.86. The maximum absolute atomic E-state index is 12.1. The predicted molar refractivity (Wildman–Crippen MR) is 62.3 cm³/mol. The highest BCUT2D eigenvalue weighted by Crippen LogP contribution is 2.36. The van der Waals surface area contributed by atoms with Gasteiger partial charge in [0.05, 0.1) is 0 Å². The molecule has 1 atom stereocenters. The van der Waals surface area contributed by atoms with Gasteiger partial charge >= 0.3 is 11.5 Å². The van der Waals surface area contributed by atoms with Crippen molar-refractivity contribution in [1.29, 1.82) is 0 Å². The van der Waals surface area contributed by atoms with Crippen molar-refractivity contribution in [3.63, 3.8) is 0 Å². The molecule has 1 aromatic rings. The van der Waals surface area contributed by atoms with Gasteiger partial charge in [0.1, 0.15) is 6.04 Å². The Bertz CT molecular complexity index is 406. The fourth-order valence-electron chi connectivity index (χ4n) is 1.17. The molecule has 3 nitrogen and oxygen atoms in total. The molecule has 0 aliphatic rings. The fourth-order valence-corrected chi connectivity index (χ4v) is 1.71. The number of nitrogens with one attached hydrogen (secondary N) is 1. The van der Waals surface area contributed by atoms with E-state index in [1.807, 2.05) is 0 Å². The number of aliphatic carboxylic acids is 1. The molecular weight excluding hydrogens is 267 g/mol. The summed E-state index contributed by atoms with van der Waals surface area (Å²) in [6.45, 7) is 1.79.